The number of halogens is 2. The standard InChI is InChI=1S/C17H19BrFNO4S/c1-20(25(21,22)17-11-13(18)5-6-14(17)19)9-8-12-4-7-15(23-2)16(10-12)24-3/h4-7,10-11H,8-9H2,1-3H3. The lowest BCUT2D eigenvalue weighted by atomic mass is 10.1. The van der Waals surface area contributed by atoms with Crippen LogP contribution in [0.5, 0.6) is 11.5 Å². The van der Waals surface area contributed by atoms with Crippen molar-refractivity contribution in [2.45, 2.75) is 11.3 Å². The summed E-state index contributed by atoms with van der Waals surface area (Å²) in [4.78, 5) is -0.350. The second-order valence-corrected chi connectivity index (χ2v) is 8.27. The van der Waals surface area contributed by atoms with Crippen LogP contribution in [-0.4, -0.2) is 40.5 Å². The largest absolute Gasteiger partial charge is 0.493 e. The molecule has 0 aromatic heterocycles. The van der Waals surface area contributed by atoms with Crippen molar-refractivity contribution >= 4 is 26.0 Å². The summed E-state index contributed by atoms with van der Waals surface area (Å²) in [6, 6.07) is 9.23. The van der Waals surface area contributed by atoms with Crippen molar-refractivity contribution in [1.29, 1.82) is 0 Å². The molecular weight excluding hydrogens is 413 g/mol. The van der Waals surface area contributed by atoms with Gasteiger partial charge in [0.05, 0.1) is 14.2 Å². The number of rotatable bonds is 7. The quantitative estimate of drug-likeness (QED) is 0.673. The van der Waals surface area contributed by atoms with Gasteiger partial charge in [-0.2, -0.15) is 0 Å². The van der Waals surface area contributed by atoms with Gasteiger partial charge in [-0.25, -0.2) is 17.1 Å². The average molecular weight is 432 g/mol. The molecule has 0 atom stereocenters. The highest BCUT2D eigenvalue weighted by Crippen LogP contribution is 2.28. The van der Waals surface area contributed by atoms with Crippen LogP contribution in [0, 0.1) is 5.82 Å². The number of sulfonamides is 1. The van der Waals surface area contributed by atoms with E-state index in [2.05, 4.69) is 15.9 Å². The minimum Gasteiger partial charge on any atom is -0.493 e. The highest BCUT2D eigenvalue weighted by atomic mass is 79.9. The second-order valence-electron chi connectivity index (χ2n) is 5.34. The molecule has 0 fully saturated rings. The molecule has 2 aromatic rings. The number of methoxy groups -OCH3 is 2. The van der Waals surface area contributed by atoms with E-state index >= 15 is 0 Å². The van der Waals surface area contributed by atoms with Gasteiger partial charge in [-0.05, 0) is 42.3 Å². The molecule has 5 nitrogen and oxygen atoms in total. The Hall–Kier alpha value is -1.64. The lowest BCUT2D eigenvalue weighted by molar-refractivity contribution is 0.354. The summed E-state index contributed by atoms with van der Waals surface area (Å²) in [6.45, 7) is 0.198. The summed E-state index contributed by atoms with van der Waals surface area (Å²) in [7, 11) is 0.591. The summed E-state index contributed by atoms with van der Waals surface area (Å²) in [5, 5.41) is 0. The second kappa shape index (κ2) is 8.16. The van der Waals surface area contributed by atoms with Gasteiger partial charge >= 0.3 is 0 Å². The molecule has 0 saturated carbocycles. The molecule has 136 valence electrons. The van der Waals surface area contributed by atoms with E-state index in [0.29, 0.717) is 22.4 Å². The highest BCUT2D eigenvalue weighted by molar-refractivity contribution is 9.10. The van der Waals surface area contributed by atoms with Crippen LogP contribution in [0.15, 0.2) is 45.8 Å². The molecule has 0 unspecified atom stereocenters. The zero-order valence-corrected chi connectivity index (χ0v) is 16.5. The van der Waals surface area contributed by atoms with Crippen molar-refractivity contribution in [3.05, 3.63) is 52.3 Å². The molecule has 0 heterocycles. The molecular formula is C17H19BrFNO4S. The Bertz CT molecular complexity index is 858. The molecule has 0 amide bonds. The van der Waals surface area contributed by atoms with Gasteiger partial charge in [-0.15, -0.1) is 0 Å². The predicted molar refractivity (Wildman–Crippen MR) is 97.2 cm³/mol. The van der Waals surface area contributed by atoms with Crippen molar-refractivity contribution in [3.63, 3.8) is 0 Å². The van der Waals surface area contributed by atoms with Gasteiger partial charge in [0.15, 0.2) is 11.5 Å². The first-order valence-corrected chi connectivity index (χ1v) is 9.65. The minimum atomic E-state index is -3.92. The first kappa shape index (κ1) is 19.7. The smallest absolute Gasteiger partial charge is 0.245 e. The molecule has 0 aliphatic heterocycles. The van der Waals surface area contributed by atoms with Crippen LogP contribution in [0.2, 0.25) is 0 Å². The van der Waals surface area contributed by atoms with Crippen LogP contribution < -0.4 is 9.47 Å². The summed E-state index contributed by atoms with van der Waals surface area (Å²) in [5.41, 5.74) is 0.884. The molecule has 2 aromatic carbocycles. The zero-order chi connectivity index (χ0) is 18.6. The summed E-state index contributed by atoms with van der Waals surface area (Å²) >= 11 is 3.17. The van der Waals surface area contributed by atoms with Crippen LogP contribution in [0.3, 0.4) is 0 Å². The van der Waals surface area contributed by atoms with Gasteiger partial charge in [-0.3, -0.25) is 0 Å². The Morgan fingerprint density at radius 3 is 2.40 bits per heavy atom. The number of hydrogen-bond donors (Lipinski definition) is 0. The van der Waals surface area contributed by atoms with Gasteiger partial charge < -0.3 is 9.47 Å². The lowest BCUT2D eigenvalue weighted by Gasteiger charge is -2.18. The number of benzene rings is 2. The van der Waals surface area contributed by atoms with Crippen molar-refractivity contribution in [2.24, 2.45) is 0 Å². The molecule has 0 aliphatic rings. The molecule has 25 heavy (non-hydrogen) atoms. The molecule has 0 bridgehead atoms. The minimum absolute atomic E-state index is 0.198. The van der Waals surface area contributed by atoms with E-state index in [-0.39, 0.29) is 11.4 Å². The first-order chi connectivity index (χ1) is 11.8. The van der Waals surface area contributed by atoms with E-state index in [1.165, 1.54) is 26.3 Å². The molecule has 0 radical (unpaired) electrons. The zero-order valence-electron chi connectivity index (χ0n) is 14.1. The Kier molecular flexibility index (Phi) is 6.42. The van der Waals surface area contributed by atoms with Gasteiger partial charge in [0.2, 0.25) is 10.0 Å². The number of hydrogen-bond acceptors (Lipinski definition) is 4. The van der Waals surface area contributed by atoms with Crippen LogP contribution in [-0.2, 0) is 16.4 Å². The lowest BCUT2D eigenvalue weighted by Crippen LogP contribution is -2.29. The van der Waals surface area contributed by atoms with E-state index in [1.54, 1.807) is 19.2 Å². The molecule has 0 spiro atoms. The third-order valence-corrected chi connectivity index (χ3v) is 6.11. The molecule has 0 N–H and O–H groups in total. The maximum absolute atomic E-state index is 13.9. The van der Waals surface area contributed by atoms with Crippen LogP contribution >= 0.6 is 15.9 Å². The summed E-state index contributed by atoms with van der Waals surface area (Å²) in [5.74, 6) is 0.396. The maximum Gasteiger partial charge on any atom is 0.245 e. The molecule has 2 rings (SSSR count). The fourth-order valence-electron chi connectivity index (χ4n) is 2.29. The van der Waals surface area contributed by atoms with E-state index in [0.717, 1.165) is 15.9 Å². The van der Waals surface area contributed by atoms with Crippen LogP contribution in [0.4, 0.5) is 4.39 Å². The topological polar surface area (TPSA) is 55.8 Å². The first-order valence-electron chi connectivity index (χ1n) is 7.42. The predicted octanol–water partition coefficient (Wildman–Crippen LogP) is 3.47. The monoisotopic (exact) mass is 431 g/mol. The van der Waals surface area contributed by atoms with Gasteiger partial charge in [-0.1, -0.05) is 22.0 Å². The van der Waals surface area contributed by atoms with Crippen molar-refractivity contribution in [1.82, 2.24) is 4.31 Å². The maximum atomic E-state index is 13.9. The van der Waals surface area contributed by atoms with Gasteiger partial charge in [0, 0.05) is 18.1 Å². The fraction of sp³-hybridized carbons (Fsp3) is 0.294. The SMILES string of the molecule is COc1ccc(CCN(C)S(=O)(=O)c2cc(Br)ccc2F)cc1OC. The Morgan fingerprint density at radius 1 is 1.08 bits per heavy atom. The number of likely N-dealkylation sites (N-methyl/N-ethyl adjacent to an activating group) is 1. The Labute approximate surface area is 155 Å². The number of nitrogens with zero attached hydrogens (tertiary/aromatic N) is 1. The summed E-state index contributed by atoms with van der Waals surface area (Å²) in [6.07, 6.45) is 0.450. The van der Waals surface area contributed by atoms with E-state index in [9.17, 15) is 12.8 Å². The third-order valence-electron chi connectivity index (χ3n) is 3.74. The Morgan fingerprint density at radius 2 is 1.76 bits per heavy atom. The normalized spacial score (nSPS) is 11.6. The fourth-order valence-corrected chi connectivity index (χ4v) is 4.06. The van der Waals surface area contributed by atoms with E-state index in [4.69, 9.17) is 9.47 Å². The Balaban J connectivity index is 2.16. The molecule has 8 heteroatoms. The molecule has 0 aliphatic carbocycles. The number of ether oxygens (including phenoxy) is 2. The van der Waals surface area contributed by atoms with Gasteiger partial charge in [0.1, 0.15) is 10.7 Å². The average Bonchev–Trinajstić information content (AvgIpc) is 2.61. The molecule has 0 saturated heterocycles. The van der Waals surface area contributed by atoms with Gasteiger partial charge in [0.25, 0.3) is 0 Å². The van der Waals surface area contributed by atoms with Crippen molar-refractivity contribution in [2.75, 3.05) is 27.8 Å². The van der Waals surface area contributed by atoms with Crippen LogP contribution in [0.25, 0.3) is 0 Å². The summed E-state index contributed by atoms with van der Waals surface area (Å²) < 4.78 is 51.1. The third kappa shape index (κ3) is 4.50. The highest BCUT2D eigenvalue weighted by Gasteiger charge is 2.24. The van der Waals surface area contributed by atoms with E-state index in [1.807, 2.05) is 6.07 Å². The van der Waals surface area contributed by atoms with Crippen molar-refractivity contribution in [3.8, 4) is 11.5 Å². The van der Waals surface area contributed by atoms with Crippen LogP contribution in [0.1, 0.15) is 5.56 Å². The van der Waals surface area contributed by atoms with Crippen molar-refractivity contribution < 1.29 is 22.3 Å². The van der Waals surface area contributed by atoms with E-state index < -0.39 is 15.8 Å².